The highest BCUT2D eigenvalue weighted by Crippen LogP contribution is 2.12. The standard InChI is InChI=1S/C16H19FN4O4/c17-11-9-14-13(21(25)10-11)1-2-15(22)20(14)8-7-19-5-3-12(4-6-19)18-16(23)24/h1-2,9-10,12,18H,3-8H2,(H,23,24). The normalized spacial score (nSPS) is 16.2. The maximum Gasteiger partial charge on any atom is 0.404 e. The molecular formula is C16H19FN4O4. The highest BCUT2D eigenvalue weighted by molar-refractivity contribution is 5.71. The number of halogens is 1. The zero-order chi connectivity index (χ0) is 18.0. The number of nitrogens with zero attached hydrogens (tertiary/aromatic N) is 3. The lowest BCUT2D eigenvalue weighted by Crippen LogP contribution is -2.45. The molecule has 0 radical (unpaired) electrons. The van der Waals surface area contributed by atoms with Gasteiger partial charge in [-0.25, -0.2) is 9.18 Å². The molecule has 0 aromatic carbocycles. The first-order valence-corrected chi connectivity index (χ1v) is 8.08. The molecule has 1 aliphatic rings. The van der Waals surface area contributed by atoms with Gasteiger partial charge in [-0.05, 0) is 12.8 Å². The van der Waals surface area contributed by atoms with Crippen LogP contribution in [0.2, 0.25) is 0 Å². The van der Waals surface area contributed by atoms with E-state index in [2.05, 4.69) is 10.2 Å². The van der Waals surface area contributed by atoms with Crippen molar-refractivity contribution in [3.05, 3.63) is 45.8 Å². The number of pyridine rings is 2. The second-order valence-electron chi connectivity index (χ2n) is 6.14. The Morgan fingerprint density at radius 3 is 2.76 bits per heavy atom. The van der Waals surface area contributed by atoms with Gasteiger partial charge in [0.25, 0.3) is 5.56 Å². The van der Waals surface area contributed by atoms with Gasteiger partial charge in [0.2, 0.25) is 11.7 Å². The van der Waals surface area contributed by atoms with Crippen LogP contribution in [0.3, 0.4) is 0 Å². The Balaban J connectivity index is 1.71. The third kappa shape index (κ3) is 3.87. The van der Waals surface area contributed by atoms with Gasteiger partial charge in [0, 0.05) is 50.4 Å². The SMILES string of the molecule is O=C(O)NC1CCN(CCn2c(=O)ccc3c2cc(F)c[n+]3[O-])CC1. The van der Waals surface area contributed by atoms with Gasteiger partial charge in [0.15, 0.2) is 5.82 Å². The molecule has 3 rings (SSSR count). The fourth-order valence-corrected chi connectivity index (χ4v) is 3.22. The molecular weight excluding hydrogens is 331 g/mol. The highest BCUT2D eigenvalue weighted by atomic mass is 19.1. The van der Waals surface area contributed by atoms with Gasteiger partial charge in [-0.15, -0.1) is 0 Å². The van der Waals surface area contributed by atoms with Crippen LogP contribution in [-0.2, 0) is 6.54 Å². The fraction of sp³-hybridized carbons (Fsp3) is 0.438. The van der Waals surface area contributed by atoms with Crippen molar-refractivity contribution in [1.29, 1.82) is 0 Å². The summed E-state index contributed by atoms with van der Waals surface area (Å²) in [5.74, 6) is -0.692. The highest BCUT2D eigenvalue weighted by Gasteiger charge is 2.20. The average Bonchev–Trinajstić information content (AvgIpc) is 2.54. The molecule has 9 heteroatoms. The van der Waals surface area contributed by atoms with Crippen LogP contribution in [0.1, 0.15) is 12.8 Å². The smallest absolute Gasteiger partial charge is 0.404 e. The van der Waals surface area contributed by atoms with Crippen LogP contribution in [0.15, 0.2) is 29.2 Å². The molecule has 0 saturated carbocycles. The molecule has 2 N–H and O–H groups in total. The van der Waals surface area contributed by atoms with Crippen LogP contribution in [-0.4, -0.2) is 46.3 Å². The molecule has 2 aromatic rings. The molecule has 3 heterocycles. The Morgan fingerprint density at radius 1 is 1.36 bits per heavy atom. The monoisotopic (exact) mass is 350 g/mol. The van der Waals surface area contributed by atoms with Gasteiger partial charge >= 0.3 is 6.09 Å². The molecule has 0 unspecified atom stereocenters. The average molecular weight is 350 g/mol. The summed E-state index contributed by atoms with van der Waals surface area (Å²) >= 11 is 0. The first kappa shape index (κ1) is 17.2. The number of fused-ring (bicyclic) bond motifs is 1. The van der Waals surface area contributed by atoms with Crippen molar-refractivity contribution in [2.75, 3.05) is 19.6 Å². The Labute approximate surface area is 142 Å². The summed E-state index contributed by atoms with van der Waals surface area (Å²) in [5, 5.41) is 23.0. The quantitative estimate of drug-likeness (QED) is 0.618. The third-order valence-corrected chi connectivity index (χ3v) is 4.51. The van der Waals surface area contributed by atoms with E-state index in [1.54, 1.807) is 0 Å². The Bertz CT molecular complexity index is 846. The van der Waals surface area contributed by atoms with Gasteiger partial charge in [-0.1, -0.05) is 0 Å². The van der Waals surface area contributed by atoms with Crippen LogP contribution < -0.4 is 15.6 Å². The second kappa shape index (κ2) is 7.06. The van der Waals surface area contributed by atoms with E-state index >= 15 is 0 Å². The number of aromatic nitrogens is 2. The summed E-state index contributed by atoms with van der Waals surface area (Å²) in [6.07, 6.45) is 1.21. The van der Waals surface area contributed by atoms with E-state index in [4.69, 9.17) is 5.11 Å². The largest absolute Gasteiger partial charge is 0.618 e. The summed E-state index contributed by atoms with van der Waals surface area (Å²) in [7, 11) is 0. The predicted molar refractivity (Wildman–Crippen MR) is 87.7 cm³/mol. The molecule has 1 saturated heterocycles. The number of nitrogens with one attached hydrogen (secondary N) is 1. The van der Waals surface area contributed by atoms with E-state index in [0.717, 1.165) is 6.20 Å². The molecule has 1 amide bonds. The lowest BCUT2D eigenvalue weighted by Gasteiger charge is -2.31. The first-order chi connectivity index (χ1) is 11.9. The van der Waals surface area contributed by atoms with Crippen molar-refractivity contribution in [2.45, 2.75) is 25.4 Å². The van der Waals surface area contributed by atoms with Crippen LogP contribution in [0.25, 0.3) is 11.0 Å². The van der Waals surface area contributed by atoms with Gasteiger partial charge in [0.05, 0.1) is 0 Å². The number of piperidine rings is 1. The van der Waals surface area contributed by atoms with Crippen molar-refractivity contribution in [2.24, 2.45) is 0 Å². The summed E-state index contributed by atoms with van der Waals surface area (Å²) in [6.45, 7) is 2.31. The van der Waals surface area contributed by atoms with Crippen LogP contribution in [0.5, 0.6) is 0 Å². The third-order valence-electron chi connectivity index (χ3n) is 4.51. The molecule has 1 aliphatic heterocycles. The maximum atomic E-state index is 13.5. The first-order valence-electron chi connectivity index (χ1n) is 8.08. The summed E-state index contributed by atoms with van der Waals surface area (Å²) in [4.78, 5) is 24.9. The summed E-state index contributed by atoms with van der Waals surface area (Å²) in [6, 6.07) is 3.83. The molecule has 2 aromatic heterocycles. The van der Waals surface area contributed by atoms with E-state index in [1.807, 2.05) is 0 Å². The summed E-state index contributed by atoms with van der Waals surface area (Å²) in [5.41, 5.74) is 0.218. The van der Waals surface area contributed by atoms with Crippen LogP contribution in [0.4, 0.5) is 9.18 Å². The zero-order valence-corrected chi connectivity index (χ0v) is 13.5. The number of carbonyl (C=O) groups is 1. The zero-order valence-electron chi connectivity index (χ0n) is 13.5. The van der Waals surface area contributed by atoms with Crippen molar-refractivity contribution < 1.29 is 19.0 Å². The molecule has 25 heavy (non-hydrogen) atoms. The molecule has 0 aliphatic carbocycles. The number of hydrogen-bond donors (Lipinski definition) is 2. The fourth-order valence-electron chi connectivity index (χ4n) is 3.22. The number of amides is 1. The minimum atomic E-state index is -1.02. The lowest BCUT2D eigenvalue weighted by molar-refractivity contribution is -0.578. The Hall–Kier alpha value is -2.68. The van der Waals surface area contributed by atoms with Gasteiger partial charge in [0.1, 0.15) is 5.52 Å². The van der Waals surface area contributed by atoms with E-state index in [-0.39, 0.29) is 22.6 Å². The maximum absolute atomic E-state index is 13.5. The van der Waals surface area contributed by atoms with E-state index in [0.29, 0.717) is 43.8 Å². The van der Waals surface area contributed by atoms with Gasteiger partial charge in [-0.2, -0.15) is 4.73 Å². The Kier molecular flexibility index (Phi) is 4.84. The van der Waals surface area contributed by atoms with Crippen LogP contribution in [0, 0.1) is 11.0 Å². The Morgan fingerprint density at radius 2 is 2.08 bits per heavy atom. The van der Waals surface area contributed by atoms with Crippen molar-refractivity contribution in [1.82, 2.24) is 14.8 Å². The number of hydrogen-bond acceptors (Lipinski definition) is 4. The molecule has 134 valence electrons. The molecule has 0 atom stereocenters. The minimum absolute atomic E-state index is 0.0532. The minimum Gasteiger partial charge on any atom is -0.618 e. The van der Waals surface area contributed by atoms with Crippen molar-refractivity contribution >= 4 is 17.1 Å². The molecule has 0 bridgehead atoms. The predicted octanol–water partition coefficient (Wildman–Crippen LogP) is 0.506. The van der Waals surface area contributed by atoms with E-state index in [9.17, 15) is 19.2 Å². The second-order valence-corrected chi connectivity index (χ2v) is 6.14. The van der Waals surface area contributed by atoms with Gasteiger partial charge < -0.3 is 25.1 Å². The number of likely N-dealkylation sites (tertiary alicyclic amines) is 1. The molecule has 0 spiro atoms. The number of rotatable bonds is 4. The van der Waals surface area contributed by atoms with Crippen LogP contribution >= 0.6 is 0 Å². The van der Waals surface area contributed by atoms with E-state index < -0.39 is 11.9 Å². The topological polar surface area (TPSA) is 102 Å². The lowest BCUT2D eigenvalue weighted by atomic mass is 10.1. The number of carboxylic acid groups (broad SMARTS) is 1. The van der Waals surface area contributed by atoms with Gasteiger partial charge in [-0.3, -0.25) is 4.79 Å². The van der Waals surface area contributed by atoms with Crippen molar-refractivity contribution in [3.8, 4) is 0 Å². The molecule has 8 nitrogen and oxygen atoms in total. The van der Waals surface area contributed by atoms with E-state index in [1.165, 1.54) is 22.8 Å². The summed E-state index contributed by atoms with van der Waals surface area (Å²) < 4.78 is 15.4. The molecule has 1 fully saturated rings. The van der Waals surface area contributed by atoms with Crippen molar-refractivity contribution in [3.63, 3.8) is 0 Å².